The van der Waals surface area contributed by atoms with E-state index in [2.05, 4.69) is 10.3 Å². The van der Waals surface area contributed by atoms with Gasteiger partial charge in [0.15, 0.2) is 11.5 Å². The standard InChI is InChI=1S/C21H21ClN2O4S/c1-12-18(13-5-7-14(22)8-6-13)24-17(29-12)11-23-21(25)15-9-10-16(26-2)20(28-4)19(15)27-3/h5-10H,11H2,1-4H3,(H,23,25). The third-order valence-electron chi connectivity index (χ3n) is 4.31. The van der Waals surface area contributed by atoms with Crippen LogP contribution in [0.1, 0.15) is 20.2 Å². The Kier molecular flexibility index (Phi) is 6.61. The molecule has 6 nitrogen and oxygen atoms in total. The van der Waals surface area contributed by atoms with Crippen molar-refractivity contribution in [2.45, 2.75) is 13.5 Å². The van der Waals surface area contributed by atoms with E-state index in [1.165, 1.54) is 32.7 Å². The average Bonchev–Trinajstić information content (AvgIpc) is 3.11. The summed E-state index contributed by atoms with van der Waals surface area (Å²) in [6.45, 7) is 2.31. The van der Waals surface area contributed by atoms with E-state index in [0.29, 0.717) is 34.4 Å². The number of hydrogen-bond acceptors (Lipinski definition) is 6. The Hall–Kier alpha value is -2.77. The van der Waals surface area contributed by atoms with E-state index in [9.17, 15) is 4.79 Å². The third-order valence-corrected chi connectivity index (χ3v) is 5.53. The first-order valence-corrected chi connectivity index (χ1v) is 9.97. The molecule has 0 aliphatic rings. The zero-order chi connectivity index (χ0) is 21.0. The summed E-state index contributed by atoms with van der Waals surface area (Å²) in [7, 11) is 4.51. The lowest BCUT2D eigenvalue weighted by Crippen LogP contribution is -2.23. The molecule has 1 aromatic heterocycles. The molecule has 1 heterocycles. The number of ether oxygens (including phenoxy) is 3. The van der Waals surface area contributed by atoms with Crippen LogP contribution in [-0.4, -0.2) is 32.2 Å². The van der Waals surface area contributed by atoms with Crippen molar-refractivity contribution < 1.29 is 19.0 Å². The van der Waals surface area contributed by atoms with Gasteiger partial charge in [0.1, 0.15) is 5.01 Å². The van der Waals surface area contributed by atoms with E-state index in [1.807, 2.05) is 31.2 Å². The van der Waals surface area contributed by atoms with Crippen LogP contribution in [0.25, 0.3) is 11.3 Å². The maximum absolute atomic E-state index is 12.7. The quantitative estimate of drug-likeness (QED) is 0.584. The summed E-state index contributed by atoms with van der Waals surface area (Å²) >= 11 is 7.50. The Balaban J connectivity index is 1.78. The van der Waals surface area contributed by atoms with Crippen LogP contribution in [0.5, 0.6) is 17.2 Å². The van der Waals surface area contributed by atoms with Crippen LogP contribution >= 0.6 is 22.9 Å². The maximum atomic E-state index is 12.7. The number of thiazole rings is 1. The van der Waals surface area contributed by atoms with Gasteiger partial charge in [-0.15, -0.1) is 11.3 Å². The van der Waals surface area contributed by atoms with Crippen LogP contribution in [0.4, 0.5) is 0 Å². The Bertz CT molecular complexity index is 1020. The van der Waals surface area contributed by atoms with Gasteiger partial charge < -0.3 is 19.5 Å². The van der Waals surface area contributed by atoms with Crippen molar-refractivity contribution in [3.05, 3.63) is 56.9 Å². The summed E-state index contributed by atoms with van der Waals surface area (Å²) in [5, 5.41) is 4.38. The average molecular weight is 433 g/mol. The second-order valence-electron chi connectivity index (χ2n) is 6.08. The van der Waals surface area contributed by atoms with Gasteiger partial charge in [-0.3, -0.25) is 4.79 Å². The zero-order valence-electron chi connectivity index (χ0n) is 16.5. The zero-order valence-corrected chi connectivity index (χ0v) is 18.1. The molecule has 1 N–H and O–H groups in total. The lowest BCUT2D eigenvalue weighted by molar-refractivity contribution is 0.0947. The molecule has 0 bridgehead atoms. The van der Waals surface area contributed by atoms with Crippen LogP contribution < -0.4 is 19.5 Å². The van der Waals surface area contributed by atoms with Crippen molar-refractivity contribution in [3.8, 4) is 28.5 Å². The molecule has 0 radical (unpaired) electrons. The van der Waals surface area contributed by atoms with Crippen molar-refractivity contribution in [1.82, 2.24) is 10.3 Å². The minimum Gasteiger partial charge on any atom is -0.493 e. The van der Waals surface area contributed by atoms with Crippen molar-refractivity contribution in [2.24, 2.45) is 0 Å². The SMILES string of the molecule is COc1ccc(C(=O)NCc2nc(-c3ccc(Cl)cc3)c(C)s2)c(OC)c1OC. The molecule has 0 fully saturated rings. The summed E-state index contributed by atoms with van der Waals surface area (Å²) in [6, 6.07) is 10.8. The lowest BCUT2D eigenvalue weighted by Gasteiger charge is -2.15. The van der Waals surface area contributed by atoms with E-state index in [0.717, 1.165) is 21.1 Å². The summed E-state index contributed by atoms with van der Waals surface area (Å²) in [6.07, 6.45) is 0. The van der Waals surface area contributed by atoms with Crippen LogP contribution in [0.15, 0.2) is 36.4 Å². The molecule has 2 aromatic carbocycles. The fraction of sp³-hybridized carbons (Fsp3) is 0.238. The molecule has 8 heteroatoms. The van der Waals surface area contributed by atoms with Crippen LogP contribution in [-0.2, 0) is 6.54 Å². The van der Waals surface area contributed by atoms with Crippen LogP contribution in [0.3, 0.4) is 0 Å². The van der Waals surface area contributed by atoms with Gasteiger partial charge in [0.05, 0.1) is 39.1 Å². The van der Waals surface area contributed by atoms with E-state index < -0.39 is 0 Å². The number of hydrogen-bond donors (Lipinski definition) is 1. The molecular weight excluding hydrogens is 412 g/mol. The highest BCUT2D eigenvalue weighted by atomic mass is 35.5. The predicted molar refractivity (Wildman–Crippen MR) is 115 cm³/mol. The minimum atomic E-state index is -0.288. The number of aryl methyl sites for hydroxylation is 1. The first kappa shape index (κ1) is 21.0. The monoisotopic (exact) mass is 432 g/mol. The molecule has 0 saturated heterocycles. The first-order chi connectivity index (χ1) is 14.0. The molecule has 0 spiro atoms. The number of rotatable bonds is 7. The Morgan fingerprint density at radius 1 is 1.03 bits per heavy atom. The molecule has 0 unspecified atom stereocenters. The van der Waals surface area contributed by atoms with Gasteiger partial charge >= 0.3 is 0 Å². The fourth-order valence-electron chi connectivity index (χ4n) is 2.93. The summed E-state index contributed by atoms with van der Waals surface area (Å²) in [5.74, 6) is 0.895. The lowest BCUT2D eigenvalue weighted by atomic mass is 10.1. The van der Waals surface area contributed by atoms with Gasteiger partial charge in [0.25, 0.3) is 5.91 Å². The van der Waals surface area contributed by atoms with Gasteiger partial charge in [-0.1, -0.05) is 23.7 Å². The number of carbonyl (C=O) groups excluding carboxylic acids is 1. The summed E-state index contributed by atoms with van der Waals surface area (Å²) < 4.78 is 16.0. The molecule has 3 rings (SSSR count). The highest BCUT2D eigenvalue weighted by molar-refractivity contribution is 7.12. The van der Waals surface area contributed by atoms with E-state index in [4.69, 9.17) is 25.8 Å². The summed E-state index contributed by atoms with van der Waals surface area (Å²) in [5.41, 5.74) is 2.23. The topological polar surface area (TPSA) is 69.7 Å². The molecule has 0 atom stereocenters. The van der Waals surface area contributed by atoms with Gasteiger partial charge in [0, 0.05) is 15.5 Å². The number of methoxy groups -OCH3 is 3. The molecule has 0 saturated carbocycles. The highest BCUT2D eigenvalue weighted by Crippen LogP contribution is 2.39. The number of halogens is 1. The van der Waals surface area contributed by atoms with Crippen LogP contribution in [0.2, 0.25) is 5.02 Å². The van der Waals surface area contributed by atoms with Crippen molar-refractivity contribution in [2.75, 3.05) is 21.3 Å². The number of benzene rings is 2. The van der Waals surface area contributed by atoms with Crippen LogP contribution in [0, 0.1) is 6.92 Å². The Labute approximate surface area is 178 Å². The maximum Gasteiger partial charge on any atom is 0.255 e. The highest BCUT2D eigenvalue weighted by Gasteiger charge is 2.21. The minimum absolute atomic E-state index is 0.288. The summed E-state index contributed by atoms with van der Waals surface area (Å²) in [4.78, 5) is 18.5. The number of nitrogens with zero attached hydrogens (tertiary/aromatic N) is 1. The molecule has 3 aromatic rings. The molecule has 29 heavy (non-hydrogen) atoms. The second kappa shape index (κ2) is 9.15. The normalized spacial score (nSPS) is 10.5. The van der Waals surface area contributed by atoms with Gasteiger partial charge in [-0.25, -0.2) is 4.98 Å². The van der Waals surface area contributed by atoms with E-state index in [1.54, 1.807) is 12.1 Å². The number of aromatic nitrogens is 1. The van der Waals surface area contributed by atoms with Crippen molar-refractivity contribution in [3.63, 3.8) is 0 Å². The number of nitrogens with one attached hydrogen (secondary N) is 1. The predicted octanol–water partition coefficient (Wildman–Crippen LogP) is 4.73. The molecule has 0 aliphatic heterocycles. The van der Waals surface area contributed by atoms with Gasteiger partial charge in [0.2, 0.25) is 5.75 Å². The second-order valence-corrected chi connectivity index (χ2v) is 7.81. The number of carbonyl (C=O) groups is 1. The van der Waals surface area contributed by atoms with Gasteiger partial charge in [-0.2, -0.15) is 0 Å². The Morgan fingerprint density at radius 2 is 1.72 bits per heavy atom. The van der Waals surface area contributed by atoms with E-state index in [-0.39, 0.29) is 5.91 Å². The van der Waals surface area contributed by atoms with Crippen molar-refractivity contribution in [1.29, 1.82) is 0 Å². The smallest absolute Gasteiger partial charge is 0.255 e. The third kappa shape index (κ3) is 4.46. The molecular formula is C21H21ClN2O4S. The Morgan fingerprint density at radius 3 is 2.34 bits per heavy atom. The fourth-order valence-corrected chi connectivity index (χ4v) is 3.95. The largest absolute Gasteiger partial charge is 0.493 e. The van der Waals surface area contributed by atoms with Crippen molar-refractivity contribution >= 4 is 28.8 Å². The van der Waals surface area contributed by atoms with E-state index >= 15 is 0 Å². The molecule has 152 valence electrons. The van der Waals surface area contributed by atoms with Gasteiger partial charge in [-0.05, 0) is 31.2 Å². The first-order valence-electron chi connectivity index (χ1n) is 8.77. The molecule has 0 aliphatic carbocycles. The molecule has 1 amide bonds. The number of amides is 1.